The lowest BCUT2D eigenvalue weighted by Gasteiger charge is -2.33. The molecule has 5 rings (SSSR count). The zero-order chi connectivity index (χ0) is 20.6. The first-order valence-corrected chi connectivity index (χ1v) is 11.2. The van der Waals surface area contributed by atoms with Crippen molar-refractivity contribution in [2.45, 2.75) is 25.4 Å². The number of rotatable bonds is 3. The third-order valence-electron chi connectivity index (χ3n) is 6.26. The van der Waals surface area contributed by atoms with E-state index in [9.17, 15) is 4.79 Å². The number of ether oxygens (including phenoxy) is 4. The summed E-state index contributed by atoms with van der Waals surface area (Å²) < 4.78 is 23.2. The summed E-state index contributed by atoms with van der Waals surface area (Å²) in [5.74, 6) is 0.435. The van der Waals surface area contributed by atoms with Crippen molar-refractivity contribution in [3.05, 3.63) is 11.8 Å². The zero-order valence-electron chi connectivity index (χ0n) is 17.0. The van der Waals surface area contributed by atoms with Crippen LogP contribution in [0.15, 0.2) is 6.20 Å². The molecule has 3 aliphatic heterocycles. The number of nitrogens with one attached hydrogen (secondary N) is 1. The molecule has 1 atom stereocenters. The first kappa shape index (κ1) is 19.9. The molecule has 3 saturated heterocycles. The molecule has 0 aliphatic carbocycles. The number of hydrogen-bond acceptors (Lipinski definition) is 8. The average molecular weight is 435 g/mol. The lowest BCUT2D eigenvalue weighted by atomic mass is 9.80. The predicted molar refractivity (Wildman–Crippen MR) is 111 cm³/mol. The number of amides is 2. The van der Waals surface area contributed by atoms with Crippen LogP contribution in [0.5, 0.6) is 5.88 Å². The van der Waals surface area contributed by atoms with Crippen molar-refractivity contribution in [3.8, 4) is 5.88 Å². The van der Waals surface area contributed by atoms with Gasteiger partial charge in [-0.25, -0.2) is 14.8 Å². The Morgan fingerprint density at radius 3 is 2.90 bits per heavy atom. The Hall–Kier alpha value is -2.01. The Labute approximate surface area is 178 Å². The summed E-state index contributed by atoms with van der Waals surface area (Å²) in [7, 11) is 1.57. The molecule has 5 heterocycles. The average Bonchev–Trinajstić information content (AvgIpc) is 3.38. The second-order valence-corrected chi connectivity index (χ2v) is 9.07. The van der Waals surface area contributed by atoms with Crippen LogP contribution < -0.4 is 10.1 Å². The molecule has 1 spiro atoms. The highest BCUT2D eigenvalue weighted by atomic mass is 32.1. The van der Waals surface area contributed by atoms with E-state index in [1.54, 1.807) is 13.3 Å². The molecule has 3 aliphatic rings. The van der Waals surface area contributed by atoms with E-state index in [0.29, 0.717) is 36.3 Å². The van der Waals surface area contributed by atoms with Crippen LogP contribution in [0.1, 0.15) is 30.9 Å². The molecule has 10 heteroatoms. The number of carbonyl (C=O) groups is 1. The fourth-order valence-corrected chi connectivity index (χ4v) is 5.50. The van der Waals surface area contributed by atoms with E-state index in [0.717, 1.165) is 55.8 Å². The van der Waals surface area contributed by atoms with Gasteiger partial charge in [-0.3, -0.25) is 5.32 Å². The number of carbonyl (C=O) groups excluding carboxylic acids is 1. The van der Waals surface area contributed by atoms with Crippen molar-refractivity contribution in [1.29, 1.82) is 0 Å². The van der Waals surface area contributed by atoms with Gasteiger partial charge >= 0.3 is 6.03 Å². The minimum atomic E-state index is -0.199. The molecule has 2 amide bonds. The summed E-state index contributed by atoms with van der Waals surface area (Å²) in [6.07, 6.45) is 4.63. The molecule has 30 heavy (non-hydrogen) atoms. The topological polar surface area (TPSA) is 95.0 Å². The first-order chi connectivity index (χ1) is 14.7. The fourth-order valence-electron chi connectivity index (χ4n) is 4.50. The van der Waals surface area contributed by atoms with Gasteiger partial charge in [-0.1, -0.05) is 11.3 Å². The quantitative estimate of drug-likeness (QED) is 0.794. The highest BCUT2D eigenvalue weighted by Gasteiger charge is 2.41. The predicted octanol–water partition coefficient (Wildman–Crippen LogP) is 2.82. The third-order valence-corrected chi connectivity index (χ3v) is 7.28. The molecule has 1 N–H and O–H groups in total. The highest BCUT2D eigenvalue weighted by molar-refractivity contribution is 7.22. The number of methoxy groups -OCH3 is 1. The maximum absolute atomic E-state index is 12.9. The number of thiazole rings is 1. The number of urea groups is 1. The molecule has 2 aromatic heterocycles. The molecule has 9 nitrogen and oxygen atoms in total. The minimum absolute atomic E-state index is 0.108. The van der Waals surface area contributed by atoms with E-state index in [2.05, 4.69) is 15.3 Å². The van der Waals surface area contributed by atoms with Gasteiger partial charge < -0.3 is 23.8 Å². The van der Waals surface area contributed by atoms with Crippen LogP contribution in [-0.4, -0.2) is 74.1 Å². The normalized spacial score (nSPS) is 23.8. The fraction of sp³-hybridized carbons (Fsp3) is 0.650. The number of pyridine rings is 1. The van der Waals surface area contributed by atoms with Crippen molar-refractivity contribution in [2.75, 3.05) is 58.6 Å². The van der Waals surface area contributed by atoms with Crippen LogP contribution in [0.3, 0.4) is 0 Å². The summed E-state index contributed by atoms with van der Waals surface area (Å²) in [5, 5.41) is 3.52. The van der Waals surface area contributed by atoms with Crippen molar-refractivity contribution >= 4 is 32.7 Å². The second-order valence-electron chi connectivity index (χ2n) is 8.07. The summed E-state index contributed by atoms with van der Waals surface area (Å²) in [4.78, 5) is 23.8. The van der Waals surface area contributed by atoms with Crippen molar-refractivity contribution in [3.63, 3.8) is 0 Å². The van der Waals surface area contributed by atoms with E-state index in [1.807, 2.05) is 4.90 Å². The van der Waals surface area contributed by atoms with Gasteiger partial charge in [-0.15, -0.1) is 0 Å². The molecule has 1 unspecified atom stereocenters. The number of hydrogen-bond donors (Lipinski definition) is 1. The van der Waals surface area contributed by atoms with E-state index in [1.165, 1.54) is 11.3 Å². The summed E-state index contributed by atoms with van der Waals surface area (Å²) in [6.45, 7) is 4.73. The van der Waals surface area contributed by atoms with Crippen LogP contribution >= 0.6 is 11.3 Å². The Morgan fingerprint density at radius 1 is 1.27 bits per heavy atom. The smallest absolute Gasteiger partial charge is 0.323 e. The lowest BCUT2D eigenvalue weighted by Crippen LogP contribution is -2.37. The van der Waals surface area contributed by atoms with E-state index < -0.39 is 0 Å². The molecule has 0 saturated carbocycles. The van der Waals surface area contributed by atoms with Gasteiger partial charge in [0, 0.05) is 38.1 Å². The minimum Gasteiger partial charge on any atom is -0.479 e. The summed E-state index contributed by atoms with van der Waals surface area (Å²) in [5.41, 5.74) is 1.75. The molecular formula is C20H26N4O5S. The molecule has 0 aromatic carbocycles. The van der Waals surface area contributed by atoms with E-state index in [-0.39, 0.29) is 17.6 Å². The van der Waals surface area contributed by atoms with Crippen LogP contribution in [-0.2, 0) is 14.2 Å². The monoisotopic (exact) mass is 434 g/mol. The summed E-state index contributed by atoms with van der Waals surface area (Å²) >= 11 is 1.42. The van der Waals surface area contributed by atoms with Crippen LogP contribution in [0.4, 0.5) is 9.93 Å². The number of anilines is 1. The summed E-state index contributed by atoms with van der Waals surface area (Å²) in [6, 6.07) is -0.108. The third kappa shape index (κ3) is 3.73. The van der Waals surface area contributed by atoms with Gasteiger partial charge in [0.15, 0.2) is 5.13 Å². The molecular weight excluding hydrogens is 408 g/mol. The SMILES string of the molecule is COc1ncc(C2COCCO2)c2sc(NC(=O)N3CCC4(CCOCC4)C3)nc12. The molecule has 2 aromatic rings. The Kier molecular flexibility index (Phi) is 5.48. The maximum atomic E-state index is 12.9. The molecule has 3 fully saturated rings. The van der Waals surface area contributed by atoms with Crippen LogP contribution in [0.2, 0.25) is 0 Å². The molecule has 0 bridgehead atoms. The maximum Gasteiger partial charge on any atom is 0.323 e. The van der Waals surface area contributed by atoms with E-state index in [4.69, 9.17) is 18.9 Å². The number of likely N-dealkylation sites (tertiary alicyclic amines) is 1. The van der Waals surface area contributed by atoms with E-state index >= 15 is 0 Å². The Morgan fingerprint density at radius 2 is 2.13 bits per heavy atom. The standard InChI is InChI=1S/C20H26N4O5S/c1-26-17-15-16(13(10-21-17)14-11-28-8-9-29-14)30-18(22-15)23-19(25)24-5-2-20(12-24)3-6-27-7-4-20/h10,14H,2-9,11-12H2,1H3,(H,22,23,25). The number of aromatic nitrogens is 2. The molecule has 0 radical (unpaired) electrons. The zero-order valence-corrected chi connectivity index (χ0v) is 17.8. The first-order valence-electron chi connectivity index (χ1n) is 10.3. The van der Waals surface area contributed by atoms with Crippen molar-refractivity contribution in [1.82, 2.24) is 14.9 Å². The van der Waals surface area contributed by atoms with Gasteiger partial charge in [-0.2, -0.15) is 0 Å². The Balaban J connectivity index is 1.36. The van der Waals surface area contributed by atoms with Gasteiger partial charge in [0.25, 0.3) is 0 Å². The van der Waals surface area contributed by atoms with Gasteiger partial charge in [-0.05, 0) is 24.7 Å². The second kappa shape index (κ2) is 8.26. The highest BCUT2D eigenvalue weighted by Crippen LogP contribution is 2.41. The Bertz CT molecular complexity index is 923. The van der Waals surface area contributed by atoms with Gasteiger partial charge in [0.1, 0.15) is 11.6 Å². The van der Waals surface area contributed by atoms with Gasteiger partial charge in [0.2, 0.25) is 5.88 Å². The van der Waals surface area contributed by atoms with Crippen molar-refractivity contribution in [2.24, 2.45) is 5.41 Å². The number of fused-ring (bicyclic) bond motifs is 1. The van der Waals surface area contributed by atoms with Crippen LogP contribution in [0.25, 0.3) is 10.2 Å². The lowest BCUT2D eigenvalue weighted by molar-refractivity contribution is -0.0896. The van der Waals surface area contributed by atoms with Crippen LogP contribution in [0, 0.1) is 5.41 Å². The molecule has 162 valence electrons. The number of nitrogens with zero attached hydrogens (tertiary/aromatic N) is 3. The largest absolute Gasteiger partial charge is 0.479 e. The van der Waals surface area contributed by atoms with Crippen molar-refractivity contribution < 1.29 is 23.7 Å². The van der Waals surface area contributed by atoms with Gasteiger partial charge in [0.05, 0.1) is 31.6 Å².